The third kappa shape index (κ3) is 3.27. The van der Waals surface area contributed by atoms with E-state index in [1.54, 1.807) is 0 Å². The predicted octanol–water partition coefficient (Wildman–Crippen LogP) is 1.01. The molecule has 0 radical (unpaired) electrons. The van der Waals surface area contributed by atoms with Gasteiger partial charge in [-0.25, -0.2) is 4.39 Å². The minimum atomic E-state index is -0.506. The van der Waals surface area contributed by atoms with Crippen molar-refractivity contribution in [3.05, 3.63) is 29.6 Å². The van der Waals surface area contributed by atoms with Crippen molar-refractivity contribution in [1.29, 1.82) is 0 Å². The number of hydrogen-bond acceptors (Lipinski definition) is 4. The Kier molecular flexibility index (Phi) is 4.28. The molecule has 1 aromatic carbocycles. The maximum atomic E-state index is 13.1. The zero-order valence-corrected chi connectivity index (χ0v) is 10.2. The average Bonchev–Trinajstić information content (AvgIpc) is 2.61. The van der Waals surface area contributed by atoms with Gasteiger partial charge in [0.1, 0.15) is 11.6 Å². The van der Waals surface area contributed by atoms with E-state index in [0.29, 0.717) is 0 Å². The fourth-order valence-electron chi connectivity index (χ4n) is 2.08. The van der Waals surface area contributed by atoms with Crippen LogP contribution < -0.4 is 5.32 Å². The van der Waals surface area contributed by atoms with Crippen LogP contribution in [0.4, 0.5) is 4.39 Å². The van der Waals surface area contributed by atoms with E-state index < -0.39 is 5.82 Å². The van der Waals surface area contributed by atoms with Crippen LogP contribution in [0, 0.1) is 5.82 Å². The number of halogens is 1. The van der Waals surface area contributed by atoms with Crippen molar-refractivity contribution in [2.75, 3.05) is 32.7 Å². The molecular formula is C13H17FN2O2. The number of phenols is 1. The molecule has 0 atom stereocenters. The highest BCUT2D eigenvalue weighted by Crippen LogP contribution is 2.18. The molecule has 1 heterocycles. The SMILES string of the molecule is O=C(CN1CCCNCC1)c1cc(F)ccc1O. The van der Waals surface area contributed by atoms with Crippen molar-refractivity contribution in [1.82, 2.24) is 10.2 Å². The summed E-state index contributed by atoms with van der Waals surface area (Å²) in [6.45, 7) is 3.66. The highest BCUT2D eigenvalue weighted by molar-refractivity contribution is 6.00. The Morgan fingerprint density at radius 3 is 3.06 bits per heavy atom. The molecule has 98 valence electrons. The fourth-order valence-corrected chi connectivity index (χ4v) is 2.08. The minimum absolute atomic E-state index is 0.0622. The van der Waals surface area contributed by atoms with E-state index in [9.17, 15) is 14.3 Å². The van der Waals surface area contributed by atoms with Crippen molar-refractivity contribution >= 4 is 5.78 Å². The average molecular weight is 252 g/mol. The summed E-state index contributed by atoms with van der Waals surface area (Å²) in [6.07, 6.45) is 0.989. The second-order valence-corrected chi connectivity index (χ2v) is 4.46. The van der Waals surface area contributed by atoms with Gasteiger partial charge in [0, 0.05) is 13.1 Å². The summed E-state index contributed by atoms with van der Waals surface area (Å²) >= 11 is 0. The van der Waals surface area contributed by atoms with Crippen LogP contribution >= 0.6 is 0 Å². The lowest BCUT2D eigenvalue weighted by atomic mass is 10.1. The van der Waals surface area contributed by atoms with Gasteiger partial charge in [-0.15, -0.1) is 0 Å². The molecule has 1 aliphatic heterocycles. The molecule has 5 heteroatoms. The Morgan fingerprint density at radius 1 is 1.39 bits per heavy atom. The normalized spacial score (nSPS) is 17.4. The quantitative estimate of drug-likeness (QED) is 0.788. The molecule has 1 aromatic rings. The van der Waals surface area contributed by atoms with Crippen LogP contribution in [0.3, 0.4) is 0 Å². The number of carbonyl (C=O) groups is 1. The van der Waals surface area contributed by atoms with Gasteiger partial charge in [-0.05, 0) is 37.7 Å². The fraction of sp³-hybridized carbons (Fsp3) is 0.462. The molecule has 2 rings (SSSR count). The van der Waals surface area contributed by atoms with Crippen molar-refractivity contribution < 1.29 is 14.3 Å². The first kappa shape index (κ1) is 13.0. The Bertz CT molecular complexity index is 429. The Hall–Kier alpha value is -1.46. The standard InChI is InChI=1S/C13H17FN2O2/c14-10-2-3-12(17)11(8-10)13(18)9-16-6-1-4-15-5-7-16/h2-3,8,15,17H,1,4-7,9H2. The predicted molar refractivity (Wildman–Crippen MR) is 66.3 cm³/mol. The Balaban J connectivity index is 2.04. The van der Waals surface area contributed by atoms with Crippen LogP contribution in [0.25, 0.3) is 0 Å². The zero-order valence-electron chi connectivity index (χ0n) is 10.2. The van der Waals surface area contributed by atoms with E-state index in [1.807, 2.05) is 4.90 Å². The summed E-state index contributed by atoms with van der Waals surface area (Å²) < 4.78 is 13.1. The number of nitrogens with zero attached hydrogens (tertiary/aromatic N) is 1. The molecule has 0 bridgehead atoms. The van der Waals surface area contributed by atoms with Crippen molar-refractivity contribution in [3.63, 3.8) is 0 Å². The number of benzene rings is 1. The first-order chi connectivity index (χ1) is 8.66. The van der Waals surface area contributed by atoms with E-state index in [0.717, 1.165) is 44.7 Å². The largest absolute Gasteiger partial charge is 0.507 e. The molecular weight excluding hydrogens is 235 g/mol. The molecule has 0 amide bonds. The monoisotopic (exact) mass is 252 g/mol. The van der Waals surface area contributed by atoms with Gasteiger partial charge in [0.25, 0.3) is 0 Å². The number of rotatable bonds is 3. The van der Waals surface area contributed by atoms with E-state index in [4.69, 9.17) is 0 Å². The molecule has 1 saturated heterocycles. The molecule has 2 N–H and O–H groups in total. The molecule has 1 fully saturated rings. The zero-order chi connectivity index (χ0) is 13.0. The van der Waals surface area contributed by atoms with Gasteiger partial charge in [-0.1, -0.05) is 0 Å². The van der Waals surface area contributed by atoms with E-state index in [2.05, 4.69) is 5.32 Å². The molecule has 0 aromatic heterocycles. The van der Waals surface area contributed by atoms with Gasteiger partial charge >= 0.3 is 0 Å². The summed E-state index contributed by atoms with van der Waals surface area (Å²) in [5.41, 5.74) is 0.0622. The molecule has 4 nitrogen and oxygen atoms in total. The smallest absolute Gasteiger partial charge is 0.180 e. The number of hydrogen-bond donors (Lipinski definition) is 2. The Morgan fingerprint density at radius 2 is 2.22 bits per heavy atom. The lowest BCUT2D eigenvalue weighted by Crippen LogP contribution is -2.33. The van der Waals surface area contributed by atoms with E-state index in [-0.39, 0.29) is 23.6 Å². The molecule has 0 spiro atoms. The summed E-state index contributed by atoms with van der Waals surface area (Å²) in [7, 11) is 0. The molecule has 18 heavy (non-hydrogen) atoms. The van der Waals surface area contributed by atoms with Crippen molar-refractivity contribution in [2.45, 2.75) is 6.42 Å². The first-order valence-electron chi connectivity index (χ1n) is 6.11. The number of phenolic OH excluding ortho intramolecular Hbond substituents is 1. The third-order valence-electron chi connectivity index (χ3n) is 3.06. The lowest BCUT2D eigenvalue weighted by molar-refractivity contribution is 0.0932. The maximum Gasteiger partial charge on any atom is 0.180 e. The van der Waals surface area contributed by atoms with Gasteiger partial charge in [-0.2, -0.15) is 0 Å². The Labute approximate surface area is 105 Å². The van der Waals surface area contributed by atoms with Gasteiger partial charge in [-0.3, -0.25) is 9.69 Å². The van der Waals surface area contributed by atoms with Crippen LogP contribution in [-0.2, 0) is 0 Å². The highest BCUT2D eigenvalue weighted by Gasteiger charge is 2.17. The van der Waals surface area contributed by atoms with Crippen LogP contribution in [-0.4, -0.2) is 48.5 Å². The highest BCUT2D eigenvalue weighted by atomic mass is 19.1. The van der Waals surface area contributed by atoms with Gasteiger partial charge in [0.2, 0.25) is 0 Å². The van der Waals surface area contributed by atoms with E-state index in [1.165, 1.54) is 6.07 Å². The number of carbonyl (C=O) groups excluding carboxylic acids is 1. The second kappa shape index (κ2) is 5.93. The van der Waals surface area contributed by atoms with Crippen molar-refractivity contribution in [3.8, 4) is 5.75 Å². The van der Waals surface area contributed by atoms with E-state index >= 15 is 0 Å². The van der Waals surface area contributed by atoms with Crippen LogP contribution in [0.15, 0.2) is 18.2 Å². The summed E-state index contributed by atoms with van der Waals surface area (Å²) in [5, 5.41) is 12.8. The lowest BCUT2D eigenvalue weighted by Gasteiger charge is -2.18. The van der Waals surface area contributed by atoms with Crippen molar-refractivity contribution in [2.24, 2.45) is 0 Å². The maximum absolute atomic E-state index is 13.1. The van der Waals surface area contributed by atoms with Gasteiger partial charge in [0.05, 0.1) is 12.1 Å². The topological polar surface area (TPSA) is 52.6 Å². The summed E-state index contributed by atoms with van der Waals surface area (Å²) in [4.78, 5) is 14.0. The summed E-state index contributed by atoms with van der Waals surface area (Å²) in [6, 6.07) is 3.45. The van der Waals surface area contributed by atoms with Crippen LogP contribution in [0.5, 0.6) is 5.75 Å². The minimum Gasteiger partial charge on any atom is -0.507 e. The molecule has 0 unspecified atom stereocenters. The molecule has 0 saturated carbocycles. The third-order valence-corrected chi connectivity index (χ3v) is 3.06. The van der Waals surface area contributed by atoms with Crippen LogP contribution in [0.1, 0.15) is 16.8 Å². The van der Waals surface area contributed by atoms with Crippen LogP contribution in [0.2, 0.25) is 0 Å². The number of Topliss-reactive ketones (excluding diaryl/α,β-unsaturated/α-hetero) is 1. The molecule has 1 aliphatic rings. The molecule has 0 aliphatic carbocycles. The number of nitrogens with one attached hydrogen (secondary N) is 1. The first-order valence-corrected chi connectivity index (χ1v) is 6.11. The van der Waals surface area contributed by atoms with Gasteiger partial charge < -0.3 is 10.4 Å². The number of aromatic hydroxyl groups is 1. The summed E-state index contributed by atoms with van der Waals surface area (Å²) in [5.74, 6) is -0.906. The van der Waals surface area contributed by atoms with Gasteiger partial charge in [0.15, 0.2) is 5.78 Å². The number of ketones is 1. The second-order valence-electron chi connectivity index (χ2n) is 4.46.